The molecule has 3 nitrogen and oxygen atoms in total. The molecule has 100 valence electrons. The van der Waals surface area contributed by atoms with Gasteiger partial charge in [-0.15, -0.1) is 13.2 Å². The summed E-state index contributed by atoms with van der Waals surface area (Å²) in [6.07, 6.45) is -4.43. The molecule has 1 aromatic rings. The fourth-order valence-electron chi connectivity index (χ4n) is 1.52. The fourth-order valence-corrected chi connectivity index (χ4v) is 1.52. The van der Waals surface area contributed by atoms with E-state index in [0.717, 1.165) is 6.07 Å². The van der Waals surface area contributed by atoms with Gasteiger partial charge in [0.05, 0.1) is 6.61 Å². The van der Waals surface area contributed by atoms with Crippen LogP contribution >= 0.6 is 0 Å². The molecular formula is C12H13F3O3. The average molecular weight is 262 g/mol. The fraction of sp³-hybridized carbons (Fsp3) is 0.417. The molecule has 0 saturated heterocycles. The van der Waals surface area contributed by atoms with Crippen LogP contribution in [-0.4, -0.2) is 18.9 Å². The molecule has 0 aromatic heterocycles. The first-order valence-corrected chi connectivity index (χ1v) is 5.43. The van der Waals surface area contributed by atoms with Gasteiger partial charge in [0.1, 0.15) is 11.3 Å². The Hall–Kier alpha value is -1.72. The summed E-state index contributed by atoms with van der Waals surface area (Å²) < 4.78 is 45.3. The number of carbonyl (C=O) groups excluding carboxylic acids is 1. The van der Waals surface area contributed by atoms with E-state index in [1.54, 1.807) is 19.9 Å². The Labute approximate surface area is 103 Å². The summed E-state index contributed by atoms with van der Waals surface area (Å²) in [5, 5.41) is 0. The molecule has 1 rings (SSSR count). The highest BCUT2D eigenvalue weighted by Crippen LogP contribution is 2.29. The summed E-state index contributed by atoms with van der Waals surface area (Å²) in [6.45, 7) is 3.40. The Morgan fingerprint density at radius 2 is 1.94 bits per heavy atom. The van der Waals surface area contributed by atoms with E-state index >= 15 is 0 Å². The molecule has 0 radical (unpaired) electrons. The maximum Gasteiger partial charge on any atom is 0.573 e. The predicted molar refractivity (Wildman–Crippen MR) is 58.5 cm³/mol. The van der Waals surface area contributed by atoms with Gasteiger partial charge in [0.25, 0.3) is 0 Å². The van der Waals surface area contributed by atoms with Gasteiger partial charge in [-0.25, -0.2) is 4.79 Å². The summed E-state index contributed by atoms with van der Waals surface area (Å²) >= 11 is 0. The first-order chi connectivity index (χ1) is 8.39. The van der Waals surface area contributed by atoms with Crippen LogP contribution in [0.4, 0.5) is 13.2 Å². The topological polar surface area (TPSA) is 35.5 Å². The zero-order valence-electron chi connectivity index (χ0n) is 10.0. The van der Waals surface area contributed by atoms with Gasteiger partial charge in [0.2, 0.25) is 0 Å². The Balaban J connectivity index is 3.20. The standard InChI is InChI=1S/C12H13F3O3/c1-3-8-6-5-7-9(18-12(13,14)15)10(8)11(16)17-4-2/h5-7H,3-4H2,1-2H3. The number of aryl methyl sites for hydroxylation is 1. The van der Waals surface area contributed by atoms with Crippen molar-refractivity contribution in [2.45, 2.75) is 26.6 Å². The van der Waals surface area contributed by atoms with Crippen molar-refractivity contribution in [1.29, 1.82) is 0 Å². The maximum absolute atomic E-state index is 12.2. The Bertz CT molecular complexity index is 427. The van der Waals surface area contributed by atoms with E-state index in [1.807, 2.05) is 0 Å². The molecule has 0 atom stereocenters. The zero-order valence-corrected chi connectivity index (χ0v) is 10.0. The number of carbonyl (C=O) groups is 1. The first kappa shape index (κ1) is 14.3. The zero-order chi connectivity index (χ0) is 13.8. The lowest BCUT2D eigenvalue weighted by Crippen LogP contribution is -2.20. The van der Waals surface area contributed by atoms with Crippen LogP contribution in [0, 0.1) is 0 Å². The number of alkyl halides is 3. The number of ether oxygens (including phenoxy) is 2. The van der Waals surface area contributed by atoms with Gasteiger partial charge < -0.3 is 9.47 Å². The summed E-state index contributed by atoms with van der Waals surface area (Å²) in [5.74, 6) is -1.34. The summed E-state index contributed by atoms with van der Waals surface area (Å²) in [6, 6.07) is 4.07. The largest absolute Gasteiger partial charge is 0.573 e. The second-order valence-electron chi connectivity index (χ2n) is 3.41. The quantitative estimate of drug-likeness (QED) is 0.781. The lowest BCUT2D eigenvalue weighted by molar-refractivity contribution is -0.274. The molecular weight excluding hydrogens is 249 g/mol. The van der Waals surface area contributed by atoms with Gasteiger partial charge in [-0.05, 0) is 25.0 Å². The second kappa shape index (κ2) is 5.75. The van der Waals surface area contributed by atoms with E-state index in [9.17, 15) is 18.0 Å². The molecule has 0 unspecified atom stereocenters. The smallest absolute Gasteiger partial charge is 0.462 e. The predicted octanol–water partition coefficient (Wildman–Crippen LogP) is 3.32. The maximum atomic E-state index is 12.2. The van der Waals surface area contributed by atoms with Crippen molar-refractivity contribution in [3.63, 3.8) is 0 Å². The van der Waals surface area contributed by atoms with Crippen LogP contribution < -0.4 is 4.74 Å². The van der Waals surface area contributed by atoms with E-state index in [1.165, 1.54) is 6.07 Å². The Kier molecular flexibility index (Phi) is 4.58. The third-order valence-corrected chi connectivity index (χ3v) is 2.20. The number of hydrogen-bond acceptors (Lipinski definition) is 3. The van der Waals surface area contributed by atoms with Crippen molar-refractivity contribution >= 4 is 5.97 Å². The summed E-state index contributed by atoms with van der Waals surface area (Å²) in [4.78, 5) is 11.7. The molecule has 1 aromatic carbocycles. The molecule has 0 fully saturated rings. The molecule has 0 amide bonds. The molecule has 0 aliphatic carbocycles. The third kappa shape index (κ3) is 3.65. The number of esters is 1. The molecule has 0 bridgehead atoms. The Morgan fingerprint density at radius 1 is 1.28 bits per heavy atom. The van der Waals surface area contributed by atoms with Crippen molar-refractivity contribution in [1.82, 2.24) is 0 Å². The van der Waals surface area contributed by atoms with Crippen molar-refractivity contribution in [2.24, 2.45) is 0 Å². The normalized spacial score (nSPS) is 11.2. The van der Waals surface area contributed by atoms with E-state index in [2.05, 4.69) is 4.74 Å². The van der Waals surface area contributed by atoms with Gasteiger partial charge in [-0.2, -0.15) is 0 Å². The van der Waals surface area contributed by atoms with Crippen LogP contribution in [0.3, 0.4) is 0 Å². The highest BCUT2D eigenvalue weighted by molar-refractivity contribution is 5.94. The van der Waals surface area contributed by atoms with Crippen molar-refractivity contribution < 1.29 is 27.4 Å². The monoisotopic (exact) mass is 262 g/mol. The molecule has 18 heavy (non-hydrogen) atoms. The highest BCUT2D eigenvalue weighted by Gasteiger charge is 2.33. The minimum atomic E-state index is -4.84. The molecule has 0 aliphatic heterocycles. The van der Waals surface area contributed by atoms with Crippen LogP contribution in [0.5, 0.6) is 5.75 Å². The number of benzene rings is 1. The van der Waals surface area contributed by atoms with Gasteiger partial charge >= 0.3 is 12.3 Å². The molecule has 0 spiro atoms. The van der Waals surface area contributed by atoms with E-state index in [-0.39, 0.29) is 12.2 Å². The molecule has 0 saturated carbocycles. The Morgan fingerprint density at radius 3 is 2.44 bits per heavy atom. The molecule has 0 heterocycles. The van der Waals surface area contributed by atoms with Crippen LogP contribution in [0.25, 0.3) is 0 Å². The van der Waals surface area contributed by atoms with E-state index < -0.39 is 18.1 Å². The lowest BCUT2D eigenvalue weighted by atomic mass is 10.0. The van der Waals surface area contributed by atoms with Crippen molar-refractivity contribution in [3.05, 3.63) is 29.3 Å². The second-order valence-corrected chi connectivity index (χ2v) is 3.41. The van der Waals surface area contributed by atoms with Crippen LogP contribution in [0.2, 0.25) is 0 Å². The minimum absolute atomic E-state index is 0.0857. The highest BCUT2D eigenvalue weighted by atomic mass is 19.4. The average Bonchev–Trinajstić information content (AvgIpc) is 2.26. The number of rotatable bonds is 4. The first-order valence-electron chi connectivity index (χ1n) is 5.43. The number of halogens is 3. The van der Waals surface area contributed by atoms with Crippen LogP contribution in [-0.2, 0) is 11.2 Å². The van der Waals surface area contributed by atoms with E-state index in [4.69, 9.17) is 4.74 Å². The third-order valence-electron chi connectivity index (χ3n) is 2.20. The van der Waals surface area contributed by atoms with E-state index in [0.29, 0.717) is 12.0 Å². The molecule has 0 aliphatic rings. The summed E-state index contributed by atoms with van der Waals surface area (Å²) in [7, 11) is 0. The van der Waals surface area contributed by atoms with Gasteiger partial charge in [0.15, 0.2) is 0 Å². The summed E-state index contributed by atoms with van der Waals surface area (Å²) in [5.41, 5.74) is 0.286. The number of hydrogen-bond donors (Lipinski definition) is 0. The van der Waals surface area contributed by atoms with Crippen molar-refractivity contribution in [2.75, 3.05) is 6.61 Å². The van der Waals surface area contributed by atoms with Gasteiger partial charge in [-0.3, -0.25) is 0 Å². The van der Waals surface area contributed by atoms with Crippen molar-refractivity contribution in [3.8, 4) is 5.75 Å². The van der Waals surface area contributed by atoms with Gasteiger partial charge in [-0.1, -0.05) is 19.1 Å². The van der Waals surface area contributed by atoms with Crippen LogP contribution in [0.15, 0.2) is 18.2 Å². The minimum Gasteiger partial charge on any atom is -0.462 e. The van der Waals surface area contributed by atoms with Gasteiger partial charge in [0, 0.05) is 0 Å². The molecule has 6 heteroatoms. The van der Waals surface area contributed by atoms with Crippen LogP contribution in [0.1, 0.15) is 29.8 Å². The SMILES string of the molecule is CCOC(=O)c1c(CC)cccc1OC(F)(F)F. The molecule has 0 N–H and O–H groups in total. The lowest BCUT2D eigenvalue weighted by Gasteiger charge is -2.15.